The SMILES string of the molecule is COc1cccc(NC(=O)C(C)(C)C(=O)N2CCc3ccccc32)c1. The molecule has 0 saturated heterocycles. The van der Waals surface area contributed by atoms with Crippen molar-refractivity contribution in [3.8, 4) is 5.75 Å². The summed E-state index contributed by atoms with van der Waals surface area (Å²) in [6, 6.07) is 14.9. The number of rotatable bonds is 4. The van der Waals surface area contributed by atoms with Crippen LogP contribution in [0, 0.1) is 5.41 Å². The molecule has 0 saturated carbocycles. The highest BCUT2D eigenvalue weighted by Crippen LogP contribution is 2.32. The molecule has 1 aliphatic rings. The quantitative estimate of drug-likeness (QED) is 0.871. The third kappa shape index (κ3) is 3.22. The number of fused-ring (bicyclic) bond motifs is 1. The number of benzene rings is 2. The van der Waals surface area contributed by atoms with Gasteiger partial charge >= 0.3 is 0 Å². The lowest BCUT2D eigenvalue weighted by Gasteiger charge is -2.28. The van der Waals surface area contributed by atoms with E-state index in [4.69, 9.17) is 4.74 Å². The summed E-state index contributed by atoms with van der Waals surface area (Å²) in [4.78, 5) is 27.5. The van der Waals surface area contributed by atoms with E-state index < -0.39 is 5.41 Å². The Kier molecular flexibility index (Phi) is 4.49. The summed E-state index contributed by atoms with van der Waals surface area (Å²) in [5, 5.41) is 2.82. The minimum absolute atomic E-state index is 0.196. The molecule has 0 spiro atoms. The number of hydrogen-bond acceptors (Lipinski definition) is 3. The molecule has 0 unspecified atom stereocenters. The van der Waals surface area contributed by atoms with Gasteiger partial charge < -0.3 is 15.0 Å². The summed E-state index contributed by atoms with van der Waals surface area (Å²) in [5.41, 5.74) is 1.46. The largest absolute Gasteiger partial charge is 0.497 e. The molecule has 0 radical (unpaired) electrons. The van der Waals surface area contributed by atoms with E-state index in [-0.39, 0.29) is 11.8 Å². The molecule has 2 aromatic carbocycles. The first-order chi connectivity index (χ1) is 11.9. The van der Waals surface area contributed by atoms with E-state index in [1.807, 2.05) is 24.3 Å². The maximum atomic E-state index is 13.0. The first-order valence-electron chi connectivity index (χ1n) is 8.29. The highest BCUT2D eigenvalue weighted by atomic mass is 16.5. The fourth-order valence-corrected chi connectivity index (χ4v) is 2.97. The molecule has 5 nitrogen and oxygen atoms in total. The maximum absolute atomic E-state index is 13.0. The predicted molar refractivity (Wildman–Crippen MR) is 97.9 cm³/mol. The average molecular weight is 338 g/mol. The van der Waals surface area contributed by atoms with Crippen LogP contribution in [0.15, 0.2) is 48.5 Å². The number of carbonyl (C=O) groups excluding carboxylic acids is 2. The first kappa shape index (κ1) is 17.0. The standard InChI is InChI=1S/C20H22N2O3/c1-20(2,18(23)21-15-8-6-9-16(13-15)25-3)19(24)22-12-11-14-7-4-5-10-17(14)22/h4-10,13H,11-12H2,1-3H3,(H,21,23). The summed E-state index contributed by atoms with van der Waals surface area (Å²) >= 11 is 0. The van der Waals surface area contributed by atoms with Crippen LogP contribution in [-0.2, 0) is 16.0 Å². The van der Waals surface area contributed by atoms with Gasteiger partial charge in [-0.25, -0.2) is 0 Å². The second-order valence-electron chi connectivity index (χ2n) is 6.65. The number of carbonyl (C=O) groups is 2. The predicted octanol–water partition coefficient (Wildman–Crippen LogP) is 3.25. The van der Waals surface area contributed by atoms with E-state index >= 15 is 0 Å². The molecule has 25 heavy (non-hydrogen) atoms. The van der Waals surface area contributed by atoms with E-state index in [9.17, 15) is 9.59 Å². The number of amides is 2. The van der Waals surface area contributed by atoms with E-state index in [2.05, 4.69) is 5.32 Å². The Morgan fingerprint density at radius 2 is 1.88 bits per heavy atom. The second kappa shape index (κ2) is 6.59. The minimum Gasteiger partial charge on any atom is -0.497 e. The highest BCUT2D eigenvalue weighted by molar-refractivity contribution is 6.15. The summed E-state index contributed by atoms with van der Waals surface area (Å²) in [7, 11) is 1.57. The van der Waals surface area contributed by atoms with Gasteiger partial charge in [-0.05, 0) is 44.0 Å². The van der Waals surface area contributed by atoms with E-state index in [0.717, 1.165) is 17.7 Å². The molecule has 5 heteroatoms. The van der Waals surface area contributed by atoms with Crippen LogP contribution in [0.4, 0.5) is 11.4 Å². The van der Waals surface area contributed by atoms with Crippen molar-refractivity contribution in [1.82, 2.24) is 0 Å². The zero-order valence-corrected chi connectivity index (χ0v) is 14.7. The molecule has 2 aromatic rings. The lowest BCUT2D eigenvalue weighted by Crippen LogP contribution is -2.47. The van der Waals surface area contributed by atoms with Gasteiger partial charge in [0, 0.05) is 24.0 Å². The van der Waals surface area contributed by atoms with Gasteiger partial charge in [-0.2, -0.15) is 0 Å². The smallest absolute Gasteiger partial charge is 0.242 e. The van der Waals surface area contributed by atoms with Gasteiger partial charge in [-0.1, -0.05) is 24.3 Å². The van der Waals surface area contributed by atoms with Crippen LogP contribution in [0.25, 0.3) is 0 Å². The highest BCUT2D eigenvalue weighted by Gasteiger charge is 2.41. The topological polar surface area (TPSA) is 58.6 Å². The number of nitrogens with one attached hydrogen (secondary N) is 1. The van der Waals surface area contributed by atoms with Gasteiger partial charge in [0.25, 0.3) is 0 Å². The number of ether oxygens (including phenoxy) is 1. The van der Waals surface area contributed by atoms with Crippen molar-refractivity contribution in [1.29, 1.82) is 0 Å². The Morgan fingerprint density at radius 3 is 2.64 bits per heavy atom. The molecular formula is C20H22N2O3. The normalized spacial score (nSPS) is 13.3. The van der Waals surface area contributed by atoms with Crippen molar-refractivity contribution in [3.05, 3.63) is 54.1 Å². The van der Waals surface area contributed by atoms with Crippen LogP contribution in [0.1, 0.15) is 19.4 Å². The van der Waals surface area contributed by atoms with Gasteiger partial charge in [-0.15, -0.1) is 0 Å². The Labute approximate surface area is 147 Å². The third-order valence-electron chi connectivity index (χ3n) is 4.56. The van der Waals surface area contributed by atoms with Crippen molar-refractivity contribution in [2.75, 3.05) is 23.9 Å². The van der Waals surface area contributed by atoms with Gasteiger partial charge in [0.2, 0.25) is 11.8 Å². The van der Waals surface area contributed by atoms with Crippen molar-refractivity contribution >= 4 is 23.2 Å². The van der Waals surface area contributed by atoms with Gasteiger partial charge in [0.15, 0.2) is 0 Å². The molecule has 0 atom stereocenters. The molecule has 3 rings (SSSR count). The van der Waals surface area contributed by atoms with Crippen molar-refractivity contribution in [2.45, 2.75) is 20.3 Å². The number of methoxy groups -OCH3 is 1. The number of para-hydroxylation sites is 1. The summed E-state index contributed by atoms with van der Waals surface area (Å²) < 4.78 is 5.16. The van der Waals surface area contributed by atoms with Gasteiger partial charge in [-0.3, -0.25) is 9.59 Å². The van der Waals surface area contributed by atoms with E-state index in [1.165, 1.54) is 0 Å². The Bertz CT molecular complexity index is 814. The maximum Gasteiger partial charge on any atom is 0.242 e. The zero-order valence-electron chi connectivity index (χ0n) is 14.7. The van der Waals surface area contributed by atoms with E-state index in [0.29, 0.717) is 18.0 Å². The second-order valence-corrected chi connectivity index (χ2v) is 6.65. The van der Waals surface area contributed by atoms with Crippen LogP contribution >= 0.6 is 0 Å². The molecule has 2 amide bonds. The molecule has 0 bridgehead atoms. The lowest BCUT2D eigenvalue weighted by atomic mass is 9.90. The van der Waals surface area contributed by atoms with Crippen molar-refractivity contribution in [2.24, 2.45) is 5.41 Å². The van der Waals surface area contributed by atoms with Crippen LogP contribution in [0.5, 0.6) is 5.75 Å². The van der Waals surface area contributed by atoms with Crippen LogP contribution < -0.4 is 15.0 Å². The van der Waals surface area contributed by atoms with Crippen LogP contribution in [-0.4, -0.2) is 25.5 Å². The lowest BCUT2D eigenvalue weighted by molar-refractivity contribution is -0.136. The molecule has 0 fully saturated rings. The number of nitrogens with zero attached hydrogens (tertiary/aromatic N) is 1. The fraction of sp³-hybridized carbons (Fsp3) is 0.300. The molecule has 130 valence electrons. The minimum atomic E-state index is -1.18. The molecule has 1 N–H and O–H groups in total. The molecular weight excluding hydrogens is 316 g/mol. The summed E-state index contributed by atoms with van der Waals surface area (Å²) in [6.07, 6.45) is 0.815. The number of hydrogen-bond donors (Lipinski definition) is 1. The zero-order chi connectivity index (χ0) is 18.0. The van der Waals surface area contributed by atoms with E-state index in [1.54, 1.807) is 50.1 Å². The third-order valence-corrected chi connectivity index (χ3v) is 4.56. The van der Waals surface area contributed by atoms with Gasteiger partial charge in [0.1, 0.15) is 11.2 Å². The molecule has 0 aliphatic carbocycles. The van der Waals surface area contributed by atoms with Crippen molar-refractivity contribution in [3.63, 3.8) is 0 Å². The monoisotopic (exact) mass is 338 g/mol. The average Bonchev–Trinajstić information content (AvgIpc) is 3.05. The van der Waals surface area contributed by atoms with Crippen molar-refractivity contribution < 1.29 is 14.3 Å². The van der Waals surface area contributed by atoms with Crippen LogP contribution in [0.3, 0.4) is 0 Å². The van der Waals surface area contributed by atoms with Crippen LogP contribution in [0.2, 0.25) is 0 Å². The molecule has 1 aliphatic heterocycles. The molecule has 0 aromatic heterocycles. The summed E-state index contributed by atoms with van der Waals surface area (Å²) in [6.45, 7) is 3.92. The number of anilines is 2. The fourth-order valence-electron chi connectivity index (χ4n) is 2.97. The van der Waals surface area contributed by atoms with Gasteiger partial charge in [0.05, 0.1) is 7.11 Å². The first-order valence-corrected chi connectivity index (χ1v) is 8.29. The summed E-state index contributed by atoms with van der Waals surface area (Å²) in [5.74, 6) is 0.114. The Balaban J connectivity index is 1.78. The Morgan fingerprint density at radius 1 is 1.12 bits per heavy atom. The Hall–Kier alpha value is -2.82. The molecule has 1 heterocycles.